The van der Waals surface area contributed by atoms with Crippen molar-refractivity contribution in [3.63, 3.8) is 0 Å². The third-order valence-corrected chi connectivity index (χ3v) is 4.09. The number of ketones is 1. The molecule has 0 amide bonds. The number of aliphatic carboxylic acids is 1. The van der Waals surface area contributed by atoms with Crippen LogP contribution in [0.25, 0.3) is 6.08 Å². The van der Waals surface area contributed by atoms with Crippen LogP contribution in [0.4, 0.5) is 0 Å². The van der Waals surface area contributed by atoms with Crippen molar-refractivity contribution >= 4 is 41.0 Å². The standard InChI is InChI=1S/C20H18Cl2O5/c21-14-8-18(22)17(7-6-15(23)10-16(24)11-20(25)26)19(9-14)27-12-13-4-2-1-3-5-13/h1-9,15,23H,10-12H2,(H,25,26). The topological polar surface area (TPSA) is 83.8 Å². The van der Waals surface area contributed by atoms with Gasteiger partial charge in [0.2, 0.25) is 0 Å². The fourth-order valence-electron chi connectivity index (χ4n) is 2.33. The third kappa shape index (κ3) is 7.06. The number of Topliss-reactive ketones (excluding diaryl/α,β-unsaturated/α-hetero) is 1. The van der Waals surface area contributed by atoms with E-state index in [-0.39, 0.29) is 6.42 Å². The van der Waals surface area contributed by atoms with Crippen LogP contribution in [0.15, 0.2) is 48.5 Å². The van der Waals surface area contributed by atoms with E-state index >= 15 is 0 Å². The van der Waals surface area contributed by atoms with Gasteiger partial charge < -0.3 is 14.9 Å². The van der Waals surface area contributed by atoms with Gasteiger partial charge in [0.05, 0.1) is 11.1 Å². The quantitative estimate of drug-likeness (QED) is 0.601. The molecule has 142 valence electrons. The molecule has 0 aliphatic carbocycles. The van der Waals surface area contributed by atoms with Crippen molar-refractivity contribution in [2.24, 2.45) is 0 Å². The maximum Gasteiger partial charge on any atom is 0.310 e. The van der Waals surface area contributed by atoms with Crippen molar-refractivity contribution in [3.05, 3.63) is 69.7 Å². The van der Waals surface area contributed by atoms with Gasteiger partial charge in [0.1, 0.15) is 24.6 Å². The summed E-state index contributed by atoms with van der Waals surface area (Å²) in [4.78, 5) is 22.0. The Morgan fingerprint density at radius 3 is 2.52 bits per heavy atom. The average Bonchev–Trinajstić information content (AvgIpc) is 2.59. The molecule has 0 aliphatic rings. The van der Waals surface area contributed by atoms with Gasteiger partial charge in [-0.2, -0.15) is 0 Å². The Bertz CT molecular complexity index is 834. The number of carboxylic acid groups (broad SMARTS) is 1. The van der Waals surface area contributed by atoms with Crippen LogP contribution in [-0.2, 0) is 16.2 Å². The SMILES string of the molecule is O=C(O)CC(=O)CC(O)C=Cc1c(Cl)cc(Cl)cc1OCc1ccccc1. The highest BCUT2D eigenvalue weighted by molar-refractivity contribution is 6.35. The minimum absolute atomic E-state index is 0.297. The van der Waals surface area contributed by atoms with E-state index in [1.807, 2.05) is 30.3 Å². The minimum Gasteiger partial charge on any atom is -0.488 e. The highest BCUT2D eigenvalue weighted by Gasteiger charge is 2.13. The lowest BCUT2D eigenvalue weighted by Gasteiger charge is -2.12. The number of carboxylic acids is 1. The van der Waals surface area contributed by atoms with E-state index in [2.05, 4.69) is 0 Å². The van der Waals surface area contributed by atoms with E-state index in [1.54, 1.807) is 12.1 Å². The molecule has 1 unspecified atom stereocenters. The number of aliphatic hydroxyl groups excluding tert-OH is 1. The van der Waals surface area contributed by atoms with Crippen LogP contribution < -0.4 is 4.74 Å². The summed E-state index contributed by atoms with van der Waals surface area (Å²) in [6, 6.07) is 12.7. The van der Waals surface area contributed by atoms with Crippen molar-refractivity contribution in [2.75, 3.05) is 0 Å². The van der Waals surface area contributed by atoms with Crippen LogP contribution in [0.3, 0.4) is 0 Å². The van der Waals surface area contributed by atoms with E-state index in [0.717, 1.165) is 5.56 Å². The van der Waals surface area contributed by atoms with Gasteiger partial charge in [-0.25, -0.2) is 0 Å². The molecular weight excluding hydrogens is 391 g/mol. The molecule has 0 spiro atoms. The van der Waals surface area contributed by atoms with Gasteiger partial charge in [-0.3, -0.25) is 9.59 Å². The van der Waals surface area contributed by atoms with Gasteiger partial charge in [0.15, 0.2) is 0 Å². The van der Waals surface area contributed by atoms with Crippen LogP contribution >= 0.6 is 23.2 Å². The summed E-state index contributed by atoms with van der Waals surface area (Å²) in [5.41, 5.74) is 1.46. The number of aliphatic hydroxyl groups is 1. The van der Waals surface area contributed by atoms with Crippen LogP contribution in [0.5, 0.6) is 5.75 Å². The number of benzene rings is 2. The number of carbonyl (C=O) groups is 2. The molecule has 7 heteroatoms. The van der Waals surface area contributed by atoms with Crippen LogP contribution in [-0.4, -0.2) is 28.1 Å². The Morgan fingerprint density at radius 1 is 1.15 bits per heavy atom. The lowest BCUT2D eigenvalue weighted by molar-refractivity contribution is -0.140. The number of carbonyl (C=O) groups excluding carboxylic acids is 1. The number of halogens is 2. The first-order valence-electron chi connectivity index (χ1n) is 8.10. The fourth-order valence-corrected chi connectivity index (χ4v) is 2.86. The molecule has 5 nitrogen and oxygen atoms in total. The van der Waals surface area contributed by atoms with E-state index < -0.39 is 24.3 Å². The Hall–Kier alpha value is -2.34. The molecule has 0 saturated heterocycles. The number of hydrogen-bond acceptors (Lipinski definition) is 4. The second-order valence-corrected chi connectivity index (χ2v) is 6.66. The molecule has 2 N–H and O–H groups in total. The maximum atomic E-state index is 11.5. The smallest absolute Gasteiger partial charge is 0.310 e. The van der Waals surface area contributed by atoms with Crippen molar-refractivity contribution in [1.82, 2.24) is 0 Å². The van der Waals surface area contributed by atoms with Gasteiger partial charge in [-0.1, -0.05) is 65.7 Å². The molecular formula is C20H18Cl2O5. The summed E-state index contributed by atoms with van der Waals surface area (Å²) < 4.78 is 5.80. The first-order chi connectivity index (χ1) is 12.8. The lowest BCUT2D eigenvalue weighted by Crippen LogP contribution is -2.14. The van der Waals surface area contributed by atoms with E-state index in [9.17, 15) is 14.7 Å². The van der Waals surface area contributed by atoms with Crippen molar-refractivity contribution in [1.29, 1.82) is 0 Å². The molecule has 2 rings (SSSR count). The van der Waals surface area contributed by atoms with Gasteiger partial charge in [0, 0.05) is 17.0 Å². The van der Waals surface area contributed by atoms with Gasteiger partial charge >= 0.3 is 5.97 Å². The predicted octanol–water partition coefficient (Wildman–Crippen LogP) is 4.38. The highest BCUT2D eigenvalue weighted by atomic mass is 35.5. The molecule has 0 radical (unpaired) electrons. The van der Waals surface area contributed by atoms with E-state index in [4.69, 9.17) is 33.0 Å². The molecule has 0 fully saturated rings. The Balaban J connectivity index is 2.12. The van der Waals surface area contributed by atoms with E-state index in [1.165, 1.54) is 12.2 Å². The largest absolute Gasteiger partial charge is 0.488 e. The molecule has 2 aromatic carbocycles. The summed E-state index contributed by atoms with van der Waals surface area (Å²) in [7, 11) is 0. The molecule has 1 atom stereocenters. The third-order valence-electron chi connectivity index (χ3n) is 3.56. The Kier molecular flexibility index (Phi) is 7.85. The van der Waals surface area contributed by atoms with Gasteiger partial charge in [-0.05, 0) is 17.7 Å². The summed E-state index contributed by atoms with van der Waals surface area (Å²) in [6.45, 7) is 0.304. The van der Waals surface area contributed by atoms with Gasteiger partial charge in [-0.15, -0.1) is 0 Å². The zero-order chi connectivity index (χ0) is 19.8. The normalized spacial score (nSPS) is 12.1. The number of hydrogen-bond donors (Lipinski definition) is 2. The number of rotatable bonds is 9. The molecule has 0 heterocycles. The monoisotopic (exact) mass is 408 g/mol. The van der Waals surface area contributed by atoms with Crippen LogP contribution in [0.2, 0.25) is 10.0 Å². The van der Waals surface area contributed by atoms with Crippen molar-refractivity contribution < 1.29 is 24.5 Å². The predicted molar refractivity (Wildman–Crippen MR) is 104 cm³/mol. The molecule has 0 aromatic heterocycles. The van der Waals surface area contributed by atoms with Gasteiger partial charge in [0.25, 0.3) is 0 Å². The summed E-state index contributed by atoms with van der Waals surface area (Å²) in [5, 5.41) is 19.2. The Morgan fingerprint density at radius 2 is 1.85 bits per heavy atom. The zero-order valence-electron chi connectivity index (χ0n) is 14.3. The molecule has 0 aliphatic heterocycles. The molecule has 27 heavy (non-hydrogen) atoms. The van der Waals surface area contributed by atoms with Crippen LogP contribution in [0, 0.1) is 0 Å². The average molecular weight is 409 g/mol. The number of ether oxygens (including phenoxy) is 1. The first kappa shape index (κ1) is 21.0. The first-order valence-corrected chi connectivity index (χ1v) is 8.86. The zero-order valence-corrected chi connectivity index (χ0v) is 15.8. The Labute approximate surface area is 166 Å². The van der Waals surface area contributed by atoms with Crippen molar-refractivity contribution in [3.8, 4) is 5.75 Å². The maximum absolute atomic E-state index is 11.5. The van der Waals surface area contributed by atoms with Crippen LogP contribution in [0.1, 0.15) is 24.0 Å². The minimum atomic E-state index is -1.23. The fraction of sp³-hybridized carbons (Fsp3) is 0.200. The second-order valence-electron chi connectivity index (χ2n) is 5.81. The highest BCUT2D eigenvalue weighted by Crippen LogP contribution is 2.33. The summed E-state index contributed by atoms with van der Waals surface area (Å²) >= 11 is 12.3. The van der Waals surface area contributed by atoms with E-state index in [0.29, 0.717) is 28.0 Å². The molecule has 0 bridgehead atoms. The van der Waals surface area contributed by atoms with Crippen molar-refractivity contribution in [2.45, 2.75) is 25.6 Å². The molecule has 2 aromatic rings. The lowest BCUT2D eigenvalue weighted by atomic mass is 10.1. The molecule has 0 saturated carbocycles. The summed E-state index contributed by atoms with van der Waals surface area (Å²) in [5.74, 6) is -1.37. The summed E-state index contributed by atoms with van der Waals surface area (Å²) in [6.07, 6.45) is 0.833. The second kappa shape index (κ2) is 10.1.